The van der Waals surface area contributed by atoms with Crippen molar-refractivity contribution in [3.05, 3.63) is 23.8 Å². The summed E-state index contributed by atoms with van der Waals surface area (Å²) in [7, 11) is 1.51. The number of benzene rings is 1. The summed E-state index contributed by atoms with van der Waals surface area (Å²) in [5.74, 6) is -0.286. The number of aliphatic hydroxyl groups is 3. The molecule has 7 heteroatoms. The summed E-state index contributed by atoms with van der Waals surface area (Å²) in [4.78, 5) is 11.5. The van der Waals surface area contributed by atoms with Crippen LogP contribution in [0, 0.1) is 0 Å². The predicted molar refractivity (Wildman–Crippen MR) is 71.9 cm³/mol. The smallest absolute Gasteiger partial charge is 0.251 e. The molecule has 0 aromatic heterocycles. The number of nitrogens with two attached hydrogens (primary N) is 1. The maximum Gasteiger partial charge on any atom is 0.251 e. The van der Waals surface area contributed by atoms with E-state index in [-0.39, 0.29) is 5.91 Å². The average Bonchev–Trinajstić information content (AvgIpc) is 2.46. The topological polar surface area (TPSA) is 128 Å². The number of aliphatic hydroxyl groups excluding tert-OH is 3. The minimum Gasteiger partial charge on any atom is -0.397 e. The van der Waals surface area contributed by atoms with Gasteiger partial charge >= 0.3 is 0 Å². The minimum atomic E-state index is -1.30. The normalized spacial score (nSPS) is 11.2. The Morgan fingerprint density at radius 2 is 1.84 bits per heavy atom. The first-order valence-corrected chi connectivity index (χ1v) is 5.74. The molecule has 0 saturated carbocycles. The monoisotopic (exact) mass is 269 g/mol. The summed E-state index contributed by atoms with van der Waals surface area (Å²) in [6, 6.07) is 4.57. The van der Waals surface area contributed by atoms with Gasteiger partial charge in [0.2, 0.25) is 0 Å². The molecule has 0 fully saturated rings. The molecular formula is C12H19N3O4. The molecule has 0 aliphatic rings. The first-order chi connectivity index (χ1) is 9.01. The lowest BCUT2D eigenvalue weighted by atomic mass is 10.0. The number of hydrogen-bond acceptors (Lipinski definition) is 6. The van der Waals surface area contributed by atoms with Crippen molar-refractivity contribution in [2.45, 2.75) is 5.54 Å². The second kappa shape index (κ2) is 6.37. The van der Waals surface area contributed by atoms with Crippen LogP contribution in [0.5, 0.6) is 0 Å². The molecule has 7 nitrogen and oxygen atoms in total. The van der Waals surface area contributed by atoms with E-state index in [0.29, 0.717) is 16.9 Å². The van der Waals surface area contributed by atoms with E-state index >= 15 is 0 Å². The lowest BCUT2D eigenvalue weighted by molar-refractivity contribution is 0.0834. The van der Waals surface area contributed by atoms with Crippen LogP contribution in [0.4, 0.5) is 11.4 Å². The van der Waals surface area contributed by atoms with Crippen LogP contribution in [0.2, 0.25) is 0 Å². The van der Waals surface area contributed by atoms with Crippen molar-refractivity contribution in [3.63, 3.8) is 0 Å². The van der Waals surface area contributed by atoms with Gasteiger partial charge in [0, 0.05) is 12.6 Å². The fraction of sp³-hybridized carbons (Fsp3) is 0.417. The summed E-state index contributed by atoms with van der Waals surface area (Å²) in [6.45, 7) is -1.45. The van der Waals surface area contributed by atoms with Crippen LogP contribution in [0.15, 0.2) is 18.2 Å². The second-order valence-corrected chi connectivity index (χ2v) is 4.26. The molecule has 0 atom stereocenters. The zero-order chi connectivity index (χ0) is 14.5. The van der Waals surface area contributed by atoms with Gasteiger partial charge in [0.25, 0.3) is 5.91 Å². The van der Waals surface area contributed by atoms with Gasteiger partial charge in [-0.2, -0.15) is 0 Å². The summed E-state index contributed by atoms with van der Waals surface area (Å²) >= 11 is 0. The van der Waals surface area contributed by atoms with Gasteiger partial charge in [0.05, 0.1) is 31.2 Å². The van der Waals surface area contributed by atoms with E-state index in [2.05, 4.69) is 10.6 Å². The lowest BCUT2D eigenvalue weighted by Crippen LogP contribution is -2.49. The average molecular weight is 269 g/mol. The zero-order valence-corrected chi connectivity index (χ0v) is 10.7. The van der Waals surface area contributed by atoms with Gasteiger partial charge in [-0.1, -0.05) is 0 Å². The standard InChI is InChI=1S/C12H19N3O4/c1-14-11(19)8-2-3-9(13)10(4-8)15-12(5-16,6-17)7-18/h2-4,15-18H,5-7,13H2,1H3,(H,14,19). The molecule has 0 heterocycles. The van der Waals surface area contributed by atoms with Gasteiger partial charge in [0.15, 0.2) is 0 Å². The molecular weight excluding hydrogens is 250 g/mol. The third-order valence-corrected chi connectivity index (χ3v) is 2.85. The van der Waals surface area contributed by atoms with Crippen LogP contribution < -0.4 is 16.4 Å². The summed E-state index contributed by atoms with van der Waals surface area (Å²) < 4.78 is 0. The molecule has 0 saturated heterocycles. The molecule has 0 spiro atoms. The molecule has 1 amide bonds. The number of amides is 1. The van der Waals surface area contributed by atoms with Crippen molar-refractivity contribution in [2.24, 2.45) is 0 Å². The van der Waals surface area contributed by atoms with Gasteiger partial charge in [-0.3, -0.25) is 4.79 Å². The van der Waals surface area contributed by atoms with Crippen molar-refractivity contribution in [1.29, 1.82) is 0 Å². The SMILES string of the molecule is CNC(=O)c1ccc(N)c(NC(CO)(CO)CO)c1. The van der Waals surface area contributed by atoms with Crippen LogP contribution in [0.1, 0.15) is 10.4 Å². The summed E-state index contributed by atoms with van der Waals surface area (Å²) in [5.41, 5.74) is 5.54. The van der Waals surface area contributed by atoms with Crippen LogP contribution in [0.3, 0.4) is 0 Å². The highest BCUT2D eigenvalue weighted by atomic mass is 16.3. The van der Waals surface area contributed by atoms with Crippen molar-refractivity contribution in [2.75, 3.05) is 37.9 Å². The molecule has 0 aliphatic carbocycles. The van der Waals surface area contributed by atoms with Crippen LogP contribution in [-0.4, -0.2) is 53.6 Å². The Balaban J connectivity index is 3.09. The molecule has 1 aromatic rings. The Morgan fingerprint density at radius 3 is 2.32 bits per heavy atom. The Bertz CT molecular complexity index is 438. The Labute approximate surface area is 111 Å². The van der Waals surface area contributed by atoms with E-state index in [4.69, 9.17) is 5.73 Å². The highest BCUT2D eigenvalue weighted by Crippen LogP contribution is 2.24. The van der Waals surface area contributed by atoms with Crippen LogP contribution >= 0.6 is 0 Å². The van der Waals surface area contributed by atoms with Crippen molar-refractivity contribution >= 4 is 17.3 Å². The third kappa shape index (κ3) is 3.34. The number of rotatable bonds is 6. The molecule has 1 aromatic carbocycles. The molecule has 106 valence electrons. The molecule has 7 N–H and O–H groups in total. The maximum atomic E-state index is 11.5. The predicted octanol–water partition coefficient (Wildman–Crippen LogP) is -1.24. The fourth-order valence-electron chi connectivity index (χ4n) is 1.50. The van der Waals surface area contributed by atoms with Crippen molar-refractivity contribution in [1.82, 2.24) is 5.32 Å². The number of anilines is 2. The molecule has 1 rings (SSSR count). The molecule has 0 radical (unpaired) electrons. The molecule has 0 bridgehead atoms. The second-order valence-electron chi connectivity index (χ2n) is 4.26. The quantitative estimate of drug-likeness (QED) is 0.358. The highest BCUT2D eigenvalue weighted by molar-refractivity contribution is 5.96. The van der Waals surface area contributed by atoms with Gasteiger partial charge in [-0.25, -0.2) is 0 Å². The molecule has 0 unspecified atom stereocenters. The first kappa shape index (κ1) is 15.2. The van der Waals surface area contributed by atoms with Crippen LogP contribution in [-0.2, 0) is 0 Å². The van der Waals surface area contributed by atoms with E-state index in [9.17, 15) is 20.1 Å². The molecule has 19 heavy (non-hydrogen) atoms. The van der Waals surface area contributed by atoms with E-state index in [1.807, 2.05) is 0 Å². The van der Waals surface area contributed by atoms with Crippen molar-refractivity contribution < 1.29 is 20.1 Å². The van der Waals surface area contributed by atoms with Gasteiger partial charge < -0.3 is 31.7 Å². The van der Waals surface area contributed by atoms with E-state index in [0.717, 1.165) is 0 Å². The van der Waals surface area contributed by atoms with Gasteiger partial charge in [-0.05, 0) is 18.2 Å². The fourth-order valence-corrected chi connectivity index (χ4v) is 1.50. The van der Waals surface area contributed by atoms with Gasteiger partial charge in [0.1, 0.15) is 5.54 Å². The minimum absolute atomic E-state index is 0.286. The maximum absolute atomic E-state index is 11.5. The Hall–Kier alpha value is -1.83. The Morgan fingerprint density at radius 1 is 1.26 bits per heavy atom. The van der Waals surface area contributed by atoms with E-state index in [1.165, 1.54) is 19.2 Å². The largest absolute Gasteiger partial charge is 0.397 e. The van der Waals surface area contributed by atoms with Crippen LogP contribution in [0.25, 0.3) is 0 Å². The summed E-state index contributed by atoms with van der Waals surface area (Å²) in [6.07, 6.45) is 0. The Kier molecular flexibility index (Phi) is 5.11. The number of nitrogen functional groups attached to an aromatic ring is 1. The molecule has 0 aliphatic heterocycles. The van der Waals surface area contributed by atoms with Crippen molar-refractivity contribution in [3.8, 4) is 0 Å². The highest BCUT2D eigenvalue weighted by Gasteiger charge is 2.28. The third-order valence-electron chi connectivity index (χ3n) is 2.85. The first-order valence-electron chi connectivity index (χ1n) is 5.74. The van der Waals surface area contributed by atoms with Gasteiger partial charge in [-0.15, -0.1) is 0 Å². The lowest BCUT2D eigenvalue weighted by Gasteiger charge is -2.30. The summed E-state index contributed by atoms with van der Waals surface area (Å²) in [5, 5.41) is 33.0. The van der Waals surface area contributed by atoms with E-state index < -0.39 is 25.4 Å². The number of carbonyl (C=O) groups excluding carboxylic acids is 1. The number of hydrogen-bond donors (Lipinski definition) is 6. The van der Waals surface area contributed by atoms with E-state index in [1.54, 1.807) is 6.07 Å². The zero-order valence-electron chi connectivity index (χ0n) is 10.7. The number of carbonyl (C=O) groups is 1. The number of nitrogens with one attached hydrogen (secondary N) is 2.